The summed E-state index contributed by atoms with van der Waals surface area (Å²) in [5, 5.41) is 6.85. The van der Waals surface area contributed by atoms with Crippen molar-refractivity contribution >= 4 is 46.7 Å². The summed E-state index contributed by atoms with van der Waals surface area (Å²) in [5.41, 5.74) is 0.724. The molecule has 0 bridgehead atoms. The van der Waals surface area contributed by atoms with Crippen molar-refractivity contribution in [2.75, 3.05) is 18.4 Å². The minimum Gasteiger partial charge on any atom is -0.331 e. The van der Waals surface area contributed by atoms with Crippen molar-refractivity contribution in [3.8, 4) is 0 Å². The summed E-state index contributed by atoms with van der Waals surface area (Å²) in [7, 11) is 0. The van der Waals surface area contributed by atoms with Gasteiger partial charge in [-0.15, -0.1) is 0 Å². The van der Waals surface area contributed by atoms with Crippen LogP contribution in [0.5, 0.6) is 0 Å². The van der Waals surface area contributed by atoms with Gasteiger partial charge in [0.05, 0.1) is 10.0 Å². The number of carbonyl (C=O) groups is 1. The van der Waals surface area contributed by atoms with Gasteiger partial charge >= 0.3 is 0 Å². The molecule has 1 aliphatic rings. The number of rotatable bonds is 4. The second-order valence-corrected chi connectivity index (χ2v) is 7.33. The SMILES string of the molecule is CC(C)CN=C(N=C1NC(=O)CN1C(C)C)Nc1ccc(Cl)c(Cl)c1. The highest BCUT2D eigenvalue weighted by molar-refractivity contribution is 6.42. The van der Waals surface area contributed by atoms with Gasteiger partial charge in [0.1, 0.15) is 6.54 Å². The maximum atomic E-state index is 11.7. The monoisotopic (exact) mass is 383 g/mol. The summed E-state index contributed by atoms with van der Waals surface area (Å²) < 4.78 is 0. The molecule has 1 aromatic rings. The molecule has 1 saturated heterocycles. The molecule has 1 aliphatic heterocycles. The summed E-state index contributed by atoms with van der Waals surface area (Å²) in [6.07, 6.45) is 0. The van der Waals surface area contributed by atoms with E-state index in [-0.39, 0.29) is 11.9 Å². The maximum Gasteiger partial charge on any atom is 0.246 e. The van der Waals surface area contributed by atoms with E-state index in [1.165, 1.54) is 0 Å². The lowest BCUT2D eigenvalue weighted by atomic mass is 10.2. The highest BCUT2D eigenvalue weighted by Gasteiger charge is 2.27. The Bertz CT molecular complexity index is 700. The van der Waals surface area contributed by atoms with Crippen LogP contribution in [0.15, 0.2) is 28.2 Å². The molecule has 0 unspecified atom stereocenters. The third-order valence-electron chi connectivity index (χ3n) is 3.45. The number of amides is 1. The molecule has 1 fully saturated rings. The normalized spacial score (nSPS) is 17.0. The van der Waals surface area contributed by atoms with Gasteiger partial charge < -0.3 is 10.2 Å². The zero-order valence-electron chi connectivity index (χ0n) is 14.8. The summed E-state index contributed by atoms with van der Waals surface area (Å²) in [6.45, 7) is 9.06. The molecule has 0 atom stereocenters. The molecule has 2 rings (SSSR count). The molecule has 2 N–H and O–H groups in total. The molecule has 0 spiro atoms. The number of guanidine groups is 2. The number of hydrogen-bond acceptors (Lipinski definition) is 2. The molecular formula is C17H23Cl2N5O. The summed E-state index contributed by atoms with van der Waals surface area (Å²) in [4.78, 5) is 22.7. The van der Waals surface area contributed by atoms with Crippen LogP contribution in [0.25, 0.3) is 0 Å². The number of carbonyl (C=O) groups excluding carboxylic acids is 1. The van der Waals surface area contributed by atoms with Crippen LogP contribution in [0, 0.1) is 5.92 Å². The first-order chi connectivity index (χ1) is 11.8. The molecule has 6 nitrogen and oxygen atoms in total. The Labute approximate surface area is 158 Å². The Hall–Kier alpha value is -1.79. The zero-order valence-corrected chi connectivity index (χ0v) is 16.3. The van der Waals surface area contributed by atoms with Crippen LogP contribution in [-0.4, -0.2) is 41.9 Å². The van der Waals surface area contributed by atoms with Gasteiger partial charge in [0, 0.05) is 18.3 Å². The Balaban J connectivity index is 2.29. The molecule has 136 valence electrons. The van der Waals surface area contributed by atoms with Gasteiger partial charge in [0.25, 0.3) is 0 Å². The van der Waals surface area contributed by atoms with Gasteiger partial charge in [0.2, 0.25) is 17.8 Å². The Morgan fingerprint density at radius 3 is 2.60 bits per heavy atom. The van der Waals surface area contributed by atoms with Crippen molar-refractivity contribution in [1.82, 2.24) is 10.2 Å². The van der Waals surface area contributed by atoms with Crippen molar-refractivity contribution in [1.29, 1.82) is 0 Å². The number of benzene rings is 1. The van der Waals surface area contributed by atoms with Crippen molar-refractivity contribution in [2.45, 2.75) is 33.7 Å². The second-order valence-electron chi connectivity index (χ2n) is 6.52. The molecule has 1 aromatic carbocycles. The largest absolute Gasteiger partial charge is 0.331 e. The van der Waals surface area contributed by atoms with Crippen molar-refractivity contribution in [2.24, 2.45) is 15.9 Å². The van der Waals surface area contributed by atoms with Gasteiger partial charge in [-0.05, 0) is 38.0 Å². The average Bonchev–Trinajstić information content (AvgIpc) is 2.89. The van der Waals surface area contributed by atoms with Crippen molar-refractivity contribution in [3.63, 3.8) is 0 Å². The van der Waals surface area contributed by atoms with Gasteiger partial charge in [-0.25, -0.2) is 0 Å². The van der Waals surface area contributed by atoms with Crippen LogP contribution in [0.3, 0.4) is 0 Å². The van der Waals surface area contributed by atoms with Crippen LogP contribution >= 0.6 is 23.2 Å². The van der Waals surface area contributed by atoms with Crippen LogP contribution in [0.1, 0.15) is 27.7 Å². The summed E-state index contributed by atoms with van der Waals surface area (Å²) in [6, 6.07) is 5.36. The van der Waals surface area contributed by atoms with Crippen molar-refractivity contribution in [3.05, 3.63) is 28.2 Å². The number of aliphatic imine (C=N–C) groups is 2. The van der Waals surface area contributed by atoms with E-state index >= 15 is 0 Å². The van der Waals surface area contributed by atoms with E-state index in [1.54, 1.807) is 18.2 Å². The molecule has 25 heavy (non-hydrogen) atoms. The lowest BCUT2D eigenvalue weighted by Crippen LogP contribution is -2.36. The van der Waals surface area contributed by atoms with E-state index in [4.69, 9.17) is 23.2 Å². The lowest BCUT2D eigenvalue weighted by molar-refractivity contribution is -0.118. The van der Waals surface area contributed by atoms with E-state index in [1.807, 2.05) is 18.7 Å². The van der Waals surface area contributed by atoms with Crippen molar-refractivity contribution < 1.29 is 4.79 Å². The third kappa shape index (κ3) is 5.61. The smallest absolute Gasteiger partial charge is 0.246 e. The highest BCUT2D eigenvalue weighted by Crippen LogP contribution is 2.25. The molecule has 0 aromatic heterocycles. The molecule has 1 amide bonds. The standard InChI is InChI=1S/C17H23Cl2N5O/c1-10(2)8-20-16(21-12-5-6-13(18)14(19)7-12)23-17-22-15(25)9-24(17)11(3)4/h5-7,10-11H,8-9H2,1-4H3,(H2,20,21,22,23,25). The van der Waals surface area contributed by atoms with E-state index in [2.05, 4.69) is 34.5 Å². The molecule has 8 heteroatoms. The number of halogens is 2. The summed E-state index contributed by atoms with van der Waals surface area (Å²) >= 11 is 12.0. The zero-order chi connectivity index (χ0) is 18.6. The number of anilines is 1. The molecular weight excluding hydrogens is 361 g/mol. The van der Waals surface area contributed by atoms with E-state index in [9.17, 15) is 4.79 Å². The van der Waals surface area contributed by atoms with Crippen LogP contribution in [-0.2, 0) is 4.79 Å². The highest BCUT2D eigenvalue weighted by atomic mass is 35.5. The number of hydrogen-bond donors (Lipinski definition) is 2. The molecule has 0 radical (unpaired) electrons. The Morgan fingerprint density at radius 2 is 2.00 bits per heavy atom. The predicted octanol–water partition coefficient (Wildman–Crippen LogP) is 3.61. The molecule has 0 saturated carbocycles. The van der Waals surface area contributed by atoms with Gasteiger partial charge in [-0.3, -0.25) is 15.1 Å². The van der Waals surface area contributed by atoms with Crippen LogP contribution in [0.4, 0.5) is 5.69 Å². The topological polar surface area (TPSA) is 69.1 Å². The quantitative estimate of drug-likeness (QED) is 0.616. The molecule has 0 aliphatic carbocycles. The minimum atomic E-state index is -0.0785. The van der Waals surface area contributed by atoms with Gasteiger partial charge in [0.15, 0.2) is 0 Å². The van der Waals surface area contributed by atoms with Gasteiger partial charge in [-0.2, -0.15) is 4.99 Å². The number of nitrogens with zero attached hydrogens (tertiary/aromatic N) is 3. The first-order valence-corrected chi connectivity index (χ1v) is 8.93. The summed E-state index contributed by atoms with van der Waals surface area (Å²) in [5.74, 6) is 1.21. The Kier molecular flexibility index (Phi) is 6.67. The fraction of sp³-hybridized carbons (Fsp3) is 0.471. The predicted molar refractivity (Wildman–Crippen MR) is 105 cm³/mol. The van der Waals surface area contributed by atoms with Crippen LogP contribution < -0.4 is 10.6 Å². The fourth-order valence-corrected chi connectivity index (χ4v) is 2.46. The van der Waals surface area contributed by atoms with E-state index in [0.717, 1.165) is 5.69 Å². The van der Waals surface area contributed by atoms with E-state index in [0.29, 0.717) is 41.0 Å². The minimum absolute atomic E-state index is 0.0785. The maximum absolute atomic E-state index is 11.7. The Morgan fingerprint density at radius 1 is 1.28 bits per heavy atom. The fourth-order valence-electron chi connectivity index (χ4n) is 2.16. The van der Waals surface area contributed by atoms with Crippen LogP contribution in [0.2, 0.25) is 10.0 Å². The third-order valence-corrected chi connectivity index (χ3v) is 4.19. The van der Waals surface area contributed by atoms with Gasteiger partial charge in [-0.1, -0.05) is 37.0 Å². The number of nitrogens with one attached hydrogen (secondary N) is 2. The first-order valence-electron chi connectivity index (χ1n) is 8.18. The first kappa shape index (κ1) is 19.5. The second kappa shape index (κ2) is 8.54. The van der Waals surface area contributed by atoms with E-state index < -0.39 is 0 Å². The average molecular weight is 384 g/mol. The molecule has 1 heterocycles. The lowest BCUT2D eigenvalue weighted by Gasteiger charge is -2.21.